The highest BCUT2D eigenvalue weighted by molar-refractivity contribution is 8.02. The summed E-state index contributed by atoms with van der Waals surface area (Å²) in [5.74, 6) is -2.13. The van der Waals surface area contributed by atoms with Crippen LogP contribution in [0.5, 0.6) is 0 Å². The first-order valence-electron chi connectivity index (χ1n) is 14.0. The van der Waals surface area contributed by atoms with Crippen LogP contribution in [0.3, 0.4) is 0 Å². The van der Waals surface area contributed by atoms with Crippen LogP contribution < -0.4 is 0 Å². The Kier molecular flexibility index (Phi) is 8.96. The van der Waals surface area contributed by atoms with E-state index in [0.717, 1.165) is 18.4 Å². The van der Waals surface area contributed by atoms with Crippen molar-refractivity contribution in [1.29, 1.82) is 0 Å². The van der Waals surface area contributed by atoms with Gasteiger partial charge in [0.1, 0.15) is 12.6 Å². The van der Waals surface area contributed by atoms with Crippen LogP contribution in [0.15, 0.2) is 55.6 Å². The molecule has 3 saturated heterocycles. The molecule has 1 spiro atoms. The van der Waals surface area contributed by atoms with Crippen molar-refractivity contribution in [3.8, 4) is 0 Å². The fourth-order valence-corrected chi connectivity index (χ4v) is 9.44. The number of aliphatic hydroxyl groups excluding tert-OH is 1. The molecule has 7 nitrogen and oxygen atoms in total. The minimum absolute atomic E-state index is 0.0397. The summed E-state index contributed by atoms with van der Waals surface area (Å²) in [7, 11) is 0. The van der Waals surface area contributed by atoms with Gasteiger partial charge in [-0.2, -0.15) is 0 Å². The van der Waals surface area contributed by atoms with Crippen molar-refractivity contribution in [3.63, 3.8) is 0 Å². The van der Waals surface area contributed by atoms with Gasteiger partial charge in [0.05, 0.1) is 29.2 Å². The summed E-state index contributed by atoms with van der Waals surface area (Å²) in [4.78, 5) is 46.0. The molecule has 3 heterocycles. The average molecular weight is 555 g/mol. The van der Waals surface area contributed by atoms with Crippen molar-refractivity contribution in [2.75, 3.05) is 19.8 Å². The molecule has 8 heteroatoms. The monoisotopic (exact) mass is 554 g/mol. The predicted octanol–water partition coefficient (Wildman–Crippen LogP) is 4.00. The lowest BCUT2D eigenvalue weighted by Crippen LogP contribution is -2.59. The molecule has 0 aromatic heterocycles. The molecule has 7 atom stereocenters. The number of rotatable bonds is 13. The molecule has 1 aromatic carbocycles. The summed E-state index contributed by atoms with van der Waals surface area (Å²) in [6.07, 6.45) is 6.76. The number of thioether (sulfide) groups is 1. The molecule has 3 unspecified atom stereocenters. The molecule has 3 aliphatic heterocycles. The van der Waals surface area contributed by atoms with Crippen LogP contribution in [0.1, 0.15) is 52.0 Å². The Balaban J connectivity index is 1.81. The number of aliphatic hydroxyl groups is 1. The first-order chi connectivity index (χ1) is 18.7. The van der Waals surface area contributed by atoms with Crippen molar-refractivity contribution >= 4 is 29.5 Å². The Morgan fingerprint density at radius 1 is 1.26 bits per heavy atom. The summed E-state index contributed by atoms with van der Waals surface area (Å²) in [5, 5.41) is 10.6. The minimum Gasteiger partial charge on any atom is -0.461 e. The average Bonchev–Trinajstić information content (AvgIpc) is 3.50. The van der Waals surface area contributed by atoms with Crippen molar-refractivity contribution in [2.45, 2.75) is 80.5 Å². The molecule has 2 amide bonds. The van der Waals surface area contributed by atoms with E-state index in [1.807, 2.05) is 49.1 Å². The van der Waals surface area contributed by atoms with Gasteiger partial charge in [-0.15, -0.1) is 18.3 Å². The predicted molar refractivity (Wildman–Crippen MR) is 154 cm³/mol. The largest absolute Gasteiger partial charge is 0.461 e. The number of benzene rings is 1. The van der Waals surface area contributed by atoms with Gasteiger partial charge in [0, 0.05) is 17.3 Å². The smallest absolute Gasteiger partial charge is 0.311 e. The second-order valence-corrected chi connectivity index (χ2v) is 13.2. The number of esters is 1. The first-order valence-corrected chi connectivity index (χ1v) is 14.9. The molecule has 0 radical (unpaired) electrons. The number of hydrogen-bond donors (Lipinski definition) is 1. The molecule has 1 aromatic rings. The second-order valence-electron chi connectivity index (χ2n) is 11.3. The van der Waals surface area contributed by atoms with E-state index in [2.05, 4.69) is 20.1 Å². The van der Waals surface area contributed by atoms with Gasteiger partial charge in [0.25, 0.3) is 0 Å². The number of fused-ring (bicyclic) bond motifs is 1. The third-order valence-corrected chi connectivity index (χ3v) is 10.8. The lowest BCUT2D eigenvalue weighted by atomic mass is 9.66. The molecule has 0 aliphatic carbocycles. The number of likely N-dealkylation sites (tertiary alicyclic amines) is 1. The highest BCUT2D eigenvalue weighted by atomic mass is 32.2. The van der Waals surface area contributed by atoms with E-state index in [0.29, 0.717) is 25.8 Å². The molecule has 212 valence electrons. The van der Waals surface area contributed by atoms with E-state index in [1.54, 1.807) is 22.7 Å². The maximum Gasteiger partial charge on any atom is 0.311 e. The van der Waals surface area contributed by atoms with Crippen LogP contribution in [0.2, 0.25) is 0 Å². The molecule has 39 heavy (non-hydrogen) atoms. The van der Waals surface area contributed by atoms with Gasteiger partial charge in [-0.05, 0) is 45.1 Å². The number of nitrogens with zero attached hydrogens (tertiary/aromatic N) is 2. The van der Waals surface area contributed by atoms with E-state index >= 15 is 0 Å². The van der Waals surface area contributed by atoms with E-state index in [-0.39, 0.29) is 31.1 Å². The van der Waals surface area contributed by atoms with Crippen molar-refractivity contribution in [1.82, 2.24) is 9.80 Å². The van der Waals surface area contributed by atoms with E-state index in [1.165, 1.54) is 6.08 Å². The standard InChI is InChI=1S/C31H42N2O5S/c1-6-12-21(4)32(17-7-2)28(36)26-31-16-15-30(5,39-31)25(29(37)38-18-8-3)24(31)27(35)33(26)23(20-34)19-22-13-10-9-11-14-22/h7-11,13-14,21,23-26,34H,2-3,6,12,15-20H2,1,4-5H3/t21?,23-,24+,25+,26?,30-,31?/m1/s1. The molecule has 2 bridgehead atoms. The number of hydrogen-bond acceptors (Lipinski definition) is 6. The van der Waals surface area contributed by atoms with Gasteiger partial charge in [0.2, 0.25) is 11.8 Å². The van der Waals surface area contributed by atoms with Gasteiger partial charge >= 0.3 is 5.97 Å². The molecule has 0 saturated carbocycles. The Bertz CT molecular complexity index is 1100. The van der Waals surface area contributed by atoms with Gasteiger partial charge in [-0.1, -0.05) is 62.4 Å². The summed E-state index contributed by atoms with van der Waals surface area (Å²) in [6.45, 7) is 13.8. The van der Waals surface area contributed by atoms with Crippen molar-refractivity contribution in [3.05, 3.63) is 61.2 Å². The number of ether oxygens (including phenoxy) is 1. The van der Waals surface area contributed by atoms with Crippen LogP contribution >= 0.6 is 11.8 Å². The second kappa shape index (κ2) is 11.9. The fraction of sp³-hybridized carbons (Fsp3) is 0.581. The lowest BCUT2D eigenvalue weighted by molar-refractivity contribution is -0.155. The summed E-state index contributed by atoms with van der Waals surface area (Å²) >= 11 is 1.62. The van der Waals surface area contributed by atoms with Crippen LogP contribution in [-0.4, -0.2) is 80.1 Å². The van der Waals surface area contributed by atoms with Gasteiger partial charge in [-0.25, -0.2) is 0 Å². The zero-order valence-electron chi connectivity index (χ0n) is 23.4. The molecule has 3 fully saturated rings. The normalized spacial score (nSPS) is 30.5. The molecular weight excluding hydrogens is 512 g/mol. The maximum atomic E-state index is 14.6. The SMILES string of the molecule is C=CCOC(=O)[C@@H]1[C@H]2C(=O)N([C@@H](CO)Cc3ccccc3)C(C(=O)N(CC=C)C(C)CCC)C23CC[C@@]1(C)S3. The Hall–Kier alpha value is -2.58. The Labute approximate surface area is 236 Å². The third kappa shape index (κ3) is 5.06. The number of carbonyl (C=O) groups is 3. The zero-order chi connectivity index (χ0) is 28.4. The van der Waals surface area contributed by atoms with Gasteiger partial charge in [0.15, 0.2) is 0 Å². The van der Waals surface area contributed by atoms with Gasteiger partial charge < -0.3 is 19.6 Å². The minimum atomic E-state index is -0.792. The number of amides is 2. The van der Waals surface area contributed by atoms with Crippen molar-refractivity contribution in [2.24, 2.45) is 11.8 Å². The summed E-state index contributed by atoms with van der Waals surface area (Å²) in [5.41, 5.74) is 0.971. The van der Waals surface area contributed by atoms with Crippen LogP contribution in [-0.2, 0) is 25.5 Å². The fourth-order valence-electron chi connectivity index (χ4n) is 7.12. The summed E-state index contributed by atoms with van der Waals surface area (Å²) < 4.78 is 4.24. The molecule has 4 rings (SSSR count). The van der Waals surface area contributed by atoms with E-state index in [9.17, 15) is 19.5 Å². The van der Waals surface area contributed by atoms with Crippen LogP contribution in [0.25, 0.3) is 0 Å². The van der Waals surface area contributed by atoms with Gasteiger partial charge in [-0.3, -0.25) is 14.4 Å². The maximum absolute atomic E-state index is 14.6. The molecule has 1 N–H and O–H groups in total. The van der Waals surface area contributed by atoms with Crippen molar-refractivity contribution < 1.29 is 24.2 Å². The topological polar surface area (TPSA) is 87.1 Å². The Morgan fingerprint density at radius 2 is 1.97 bits per heavy atom. The first kappa shape index (κ1) is 29.4. The Morgan fingerprint density at radius 3 is 2.59 bits per heavy atom. The van der Waals surface area contributed by atoms with Crippen LogP contribution in [0.4, 0.5) is 0 Å². The lowest BCUT2D eigenvalue weighted by Gasteiger charge is -2.41. The summed E-state index contributed by atoms with van der Waals surface area (Å²) in [6, 6.07) is 8.26. The van der Waals surface area contributed by atoms with E-state index in [4.69, 9.17) is 4.74 Å². The van der Waals surface area contributed by atoms with E-state index < -0.39 is 39.4 Å². The quantitative estimate of drug-likeness (QED) is 0.293. The molecule has 3 aliphatic rings. The zero-order valence-corrected chi connectivity index (χ0v) is 24.2. The third-order valence-electron chi connectivity index (χ3n) is 8.81. The number of carbonyl (C=O) groups excluding carboxylic acids is 3. The van der Waals surface area contributed by atoms with Crippen LogP contribution in [0, 0.1) is 11.8 Å². The molecular formula is C31H42N2O5S. The highest BCUT2D eigenvalue weighted by Gasteiger charge is 2.78. The highest BCUT2D eigenvalue weighted by Crippen LogP contribution is 2.71.